The van der Waals surface area contributed by atoms with Gasteiger partial charge >= 0.3 is 0 Å². The summed E-state index contributed by atoms with van der Waals surface area (Å²) in [6.07, 6.45) is 2.13. The number of hydrogen-bond acceptors (Lipinski definition) is 4. The van der Waals surface area contributed by atoms with E-state index in [-0.39, 0.29) is 16.2 Å². The lowest BCUT2D eigenvalue weighted by Crippen LogP contribution is -2.40. The topological polar surface area (TPSA) is 69.7 Å². The summed E-state index contributed by atoms with van der Waals surface area (Å²) in [6.45, 7) is 8.67. The molecular formula is C23H28ClN3O3S. The molecule has 166 valence electrons. The van der Waals surface area contributed by atoms with E-state index in [9.17, 15) is 13.2 Å². The number of halogens is 1. The van der Waals surface area contributed by atoms with E-state index in [2.05, 4.69) is 23.5 Å². The van der Waals surface area contributed by atoms with E-state index in [0.29, 0.717) is 23.8 Å². The van der Waals surface area contributed by atoms with Gasteiger partial charge in [0.2, 0.25) is 5.91 Å². The largest absolute Gasteiger partial charge is 0.361 e. The van der Waals surface area contributed by atoms with Crippen molar-refractivity contribution in [1.29, 1.82) is 0 Å². The first-order valence-electron chi connectivity index (χ1n) is 10.5. The molecule has 2 heterocycles. The van der Waals surface area contributed by atoms with Crippen LogP contribution in [0.1, 0.15) is 37.8 Å². The van der Waals surface area contributed by atoms with Crippen LogP contribution >= 0.6 is 11.6 Å². The lowest BCUT2D eigenvalue weighted by molar-refractivity contribution is -0.128. The van der Waals surface area contributed by atoms with Crippen molar-refractivity contribution in [3.8, 4) is 0 Å². The molecule has 0 spiro atoms. The molecule has 1 amide bonds. The highest BCUT2D eigenvalue weighted by Gasteiger charge is 2.37. The first-order chi connectivity index (χ1) is 14.6. The van der Waals surface area contributed by atoms with Crippen molar-refractivity contribution in [3.63, 3.8) is 0 Å². The van der Waals surface area contributed by atoms with Gasteiger partial charge in [-0.15, -0.1) is 0 Å². The van der Waals surface area contributed by atoms with Crippen molar-refractivity contribution in [2.75, 3.05) is 35.8 Å². The van der Waals surface area contributed by atoms with Crippen LogP contribution in [-0.2, 0) is 20.2 Å². The molecule has 2 aromatic rings. The number of carbonyl (C=O) groups is 1. The van der Waals surface area contributed by atoms with Crippen molar-refractivity contribution < 1.29 is 13.2 Å². The normalized spacial score (nSPS) is 17.7. The molecule has 2 aromatic carbocycles. The van der Waals surface area contributed by atoms with Crippen LogP contribution in [-0.4, -0.2) is 45.4 Å². The number of rotatable bonds is 5. The van der Waals surface area contributed by atoms with E-state index in [1.54, 1.807) is 30.3 Å². The smallest absolute Gasteiger partial charge is 0.261 e. The maximum Gasteiger partial charge on any atom is 0.261 e. The van der Waals surface area contributed by atoms with Crippen molar-refractivity contribution in [3.05, 3.63) is 52.5 Å². The van der Waals surface area contributed by atoms with E-state index >= 15 is 0 Å². The summed E-state index contributed by atoms with van der Waals surface area (Å²) in [5.74, 6) is 0.135. The van der Waals surface area contributed by atoms with Crippen LogP contribution < -0.4 is 9.62 Å². The third-order valence-corrected chi connectivity index (χ3v) is 7.93. The summed E-state index contributed by atoms with van der Waals surface area (Å²) in [4.78, 5) is 16.9. The molecule has 2 aliphatic rings. The second-order valence-electron chi connectivity index (χ2n) is 9.08. The zero-order chi connectivity index (χ0) is 22.4. The van der Waals surface area contributed by atoms with Crippen molar-refractivity contribution in [1.82, 2.24) is 4.90 Å². The monoisotopic (exact) mass is 461 g/mol. The van der Waals surface area contributed by atoms with Crippen LogP contribution in [0.25, 0.3) is 0 Å². The average Bonchev–Trinajstić information content (AvgIpc) is 3.32. The highest BCUT2D eigenvalue weighted by Crippen LogP contribution is 2.41. The summed E-state index contributed by atoms with van der Waals surface area (Å²) in [5.41, 5.74) is 2.90. The number of benzene rings is 2. The minimum absolute atomic E-state index is 0.135. The maximum absolute atomic E-state index is 13.0. The Labute approximate surface area is 189 Å². The molecule has 1 fully saturated rings. The van der Waals surface area contributed by atoms with Gasteiger partial charge in [0.15, 0.2) is 0 Å². The van der Waals surface area contributed by atoms with Gasteiger partial charge in [0, 0.05) is 35.8 Å². The third kappa shape index (κ3) is 4.39. The number of likely N-dealkylation sites (tertiary alicyclic amines) is 1. The minimum atomic E-state index is -3.77. The van der Waals surface area contributed by atoms with E-state index < -0.39 is 10.0 Å². The zero-order valence-corrected chi connectivity index (χ0v) is 19.7. The van der Waals surface area contributed by atoms with Crippen molar-refractivity contribution in [2.45, 2.75) is 43.9 Å². The molecule has 2 aliphatic heterocycles. The van der Waals surface area contributed by atoms with Gasteiger partial charge in [0.25, 0.3) is 10.0 Å². The molecule has 1 N–H and O–H groups in total. The number of anilines is 2. The second-order valence-corrected chi connectivity index (χ2v) is 11.2. The maximum atomic E-state index is 13.0. The number of sulfonamides is 1. The Hall–Kier alpha value is -2.25. The second kappa shape index (κ2) is 8.02. The molecule has 31 heavy (non-hydrogen) atoms. The average molecular weight is 462 g/mol. The molecule has 4 rings (SSSR count). The Balaban J connectivity index is 1.59. The first-order valence-corrected chi connectivity index (χ1v) is 12.4. The van der Waals surface area contributed by atoms with E-state index in [4.69, 9.17) is 11.6 Å². The zero-order valence-electron chi connectivity index (χ0n) is 18.1. The summed E-state index contributed by atoms with van der Waals surface area (Å²) in [6, 6.07) is 10.2. The molecule has 0 saturated carbocycles. The van der Waals surface area contributed by atoms with Crippen LogP contribution in [0.15, 0.2) is 41.3 Å². The standard InChI is InChI=1S/C23H28ClN3O3S/c1-16-6-7-17(12-20(16)24)25-31(29,30)18-8-9-21-19(13-18)23(2,3)15-27(21)14-22(28)26-10-4-5-11-26/h6-9,12-13,25H,4-5,10-11,14-15H2,1-3H3. The molecule has 0 atom stereocenters. The number of nitrogens with one attached hydrogen (secondary N) is 1. The molecule has 0 radical (unpaired) electrons. The third-order valence-electron chi connectivity index (χ3n) is 6.14. The molecular weight excluding hydrogens is 434 g/mol. The fourth-order valence-electron chi connectivity index (χ4n) is 4.39. The lowest BCUT2D eigenvalue weighted by Gasteiger charge is -2.24. The number of aryl methyl sites for hydroxylation is 1. The Morgan fingerprint density at radius 1 is 1.13 bits per heavy atom. The number of fused-ring (bicyclic) bond motifs is 1. The molecule has 0 unspecified atom stereocenters. The fourth-order valence-corrected chi connectivity index (χ4v) is 5.64. The lowest BCUT2D eigenvalue weighted by atomic mass is 9.87. The molecule has 0 aromatic heterocycles. The Morgan fingerprint density at radius 3 is 2.52 bits per heavy atom. The van der Waals surface area contributed by atoms with Crippen LogP contribution in [0.2, 0.25) is 5.02 Å². The van der Waals surface area contributed by atoms with Gasteiger partial charge in [0.1, 0.15) is 0 Å². The highest BCUT2D eigenvalue weighted by atomic mass is 35.5. The summed E-state index contributed by atoms with van der Waals surface area (Å²) in [5, 5.41) is 0.508. The Bertz CT molecular complexity index is 1120. The van der Waals surface area contributed by atoms with Gasteiger partial charge in [-0.05, 0) is 61.2 Å². The number of carbonyl (C=O) groups excluding carboxylic acids is 1. The van der Waals surface area contributed by atoms with Gasteiger partial charge in [-0.1, -0.05) is 31.5 Å². The molecule has 6 nitrogen and oxygen atoms in total. The van der Waals surface area contributed by atoms with Crippen LogP contribution in [0, 0.1) is 6.92 Å². The van der Waals surface area contributed by atoms with E-state index in [1.165, 1.54) is 0 Å². The number of nitrogens with zero attached hydrogens (tertiary/aromatic N) is 2. The molecule has 1 saturated heterocycles. The van der Waals surface area contributed by atoms with Crippen LogP contribution in [0.3, 0.4) is 0 Å². The van der Waals surface area contributed by atoms with Crippen LogP contribution in [0.5, 0.6) is 0 Å². The first kappa shape index (κ1) is 22.0. The Kier molecular flexibility index (Phi) is 5.68. The van der Waals surface area contributed by atoms with Crippen molar-refractivity contribution >= 4 is 38.9 Å². The van der Waals surface area contributed by atoms with Crippen molar-refractivity contribution in [2.24, 2.45) is 0 Å². The predicted octanol–water partition coefficient (Wildman–Crippen LogP) is 4.17. The number of amides is 1. The van der Waals surface area contributed by atoms with Gasteiger partial charge in [-0.2, -0.15) is 0 Å². The minimum Gasteiger partial charge on any atom is -0.361 e. The molecule has 0 bridgehead atoms. The summed E-state index contributed by atoms with van der Waals surface area (Å²) >= 11 is 6.14. The van der Waals surface area contributed by atoms with Crippen LogP contribution in [0.4, 0.5) is 11.4 Å². The summed E-state index contributed by atoms with van der Waals surface area (Å²) in [7, 11) is -3.77. The number of hydrogen-bond donors (Lipinski definition) is 1. The SMILES string of the molecule is Cc1ccc(NS(=O)(=O)c2ccc3c(c2)C(C)(C)CN3CC(=O)N2CCCC2)cc1Cl. The van der Waals surface area contributed by atoms with E-state index in [0.717, 1.165) is 42.7 Å². The van der Waals surface area contributed by atoms with Gasteiger partial charge in [-0.3, -0.25) is 9.52 Å². The highest BCUT2D eigenvalue weighted by molar-refractivity contribution is 7.92. The molecule has 0 aliphatic carbocycles. The van der Waals surface area contributed by atoms with E-state index in [1.807, 2.05) is 17.9 Å². The van der Waals surface area contributed by atoms with Gasteiger partial charge in [0.05, 0.1) is 17.1 Å². The molecule has 8 heteroatoms. The fraction of sp³-hybridized carbons (Fsp3) is 0.435. The quantitative estimate of drug-likeness (QED) is 0.725. The summed E-state index contributed by atoms with van der Waals surface area (Å²) < 4.78 is 28.6. The van der Waals surface area contributed by atoms with Gasteiger partial charge in [-0.25, -0.2) is 8.42 Å². The van der Waals surface area contributed by atoms with Gasteiger partial charge < -0.3 is 9.80 Å². The predicted molar refractivity (Wildman–Crippen MR) is 124 cm³/mol. The Morgan fingerprint density at radius 2 is 1.84 bits per heavy atom.